The van der Waals surface area contributed by atoms with E-state index in [2.05, 4.69) is 18.8 Å². The van der Waals surface area contributed by atoms with Crippen LogP contribution in [0.5, 0.6) is 5.75 Å². The van der Waals surface area contributed by atoms with Gasteiger partial charge in [0, 0.05) is 23.1 Å². The molecule has 0 bridgehead atoms. The number of non-ortho nitro benzene ring substituents is 1. The third-order valence-electron chi connectivity index (χ3n) is 4.10. The monoisotopic (exact) mass is 308 g/mol. The molecule has 1 heterocycles. The number of phenols is 1. The Balaban J connectivity index is 1.96. The largest absolute Gasteiger partial charge is 0.507 e. The fourth-order valence-corrected chi connectivity index (χ4v) is 2.71. The number of aromatic hydroxyl groups is 1. The summed E-state index contributed by atoms with van der Waals surface area (Å²) in [6.45, 7) is 4.16. The summed E-state index contributed by atoms with van der Waals surface area (Å²) < 4.78 is 0. The third-order valence-corrected chi connectivity index (χ3v) is 4.10. The molecule has 5 nitrogen and oxygen atoms in total. The maximum Gasteiger partial charge on any atom is 0.270 e. The van der Waals surface area contributed by atoms with Crippen molar-refractivity contribution >= 4 is 23.2 Å². The van der Waals surface area contributed by atoms with E-state index in [1.54, 1.807) is 12.2 Å². The fourth-order valence-electron chi connectivity index (χ4n) is 2.71. The van der Waals surface area contributed by atoms with Gasteiger partial charge in [0.2, 0.25) is 0 Å². The summed E-state index contributed by atoms with van der Waals surface area (Å²) in [5.41, 5.74) is 3.02. The zero-order valence-corrected chi connectivity index (χ0v) is 12.9. The number of para-hydroxylation sites is 1. The van der Waals surface area contributed by atoms with Crippen molar-refractivity contribution in [2.45, 2.75) is 19.3 Å². The van der Waals surface area contributed by atoms with E-state index >= 15 is 0 Å². The van der Waals surface area contributed by atoms with E-state index in [0.717, 1.165) is 17.0 Å². The maximum absolute atomic E-state index is 10.9. The highest BCUT2D eigenvalue weighted by atomic mass is 16.6. The number of hydrogen-bond donors (Lipinski definition) is 1. The van der Waals surface area contributed by atoms with Gasteiger partial charge in [0.25, 0.3) is 5.69 Å². The van der Waals surface area contributed by atoms with Crippen LogP contribution < -0.4 is 0 Å². The van der Waals surface area contributed by atoms with Gasteiger partial charge < -0.3 is 5.11 Å². The Morgan fingerprint density at radius 3 is 2.61 bits per heavy atom. The van der Waals surface area contributed by atoms with Crippen LogP contribution in [0.15, 0.2) is 53.5 Å². The van der Waals surface area contributed by atoms with Crippen LogP contribution in [-0.2, 0) is 5.41 Å². The second-order valence-corrected chi connectivity index (χ2v) is 5.97. The van der Waals surface area contributed by atoms with Gasteiger partial charge in [0.05, 0.1) is 16.3 Å². The van der Waals surface area contributed by atoms with Crippen LogP contribution in [-0.4, -0.2) is 15.7 Å². The van der Waals surface area contributed by atoms with E-state index < -0.39 is 4.92 Å². The first-order valence-corrected chi connectivity index (χ1v) is 7.24. The smallest absolute Gasteiger partial charge is 0.270 e. The van der Waals surface area contributed by atoms with Gasteiger partial charge in [-0.2, -0.15) is 0 Å². The molecule has 1 aliphatic heterocycles. The minimum absolute atomic E-state index is 0.000710. The molecule has 0 aromatic heterocycles. The zero-order chi connectivity index (χ0) is 16.6. The highest BCUT2D eigenvalue weighted by Crippen LogP contribution is 2.40. The van der Waals surface area contributed by atoms with Crippen LogP contribution in [0.4, 0.5) is 11.4 Å². The van der Waals surface area contributed by atoms with E-state index in [4.69, 9.17) is 0 Å². The molecule has 0 atom stereocenters. The van der Waals surface area contributed by atoms with Gasteiger partial charge in [0.1, 0.15) is 5.75 Å². The van der Waals surface area contributed by atoms with Crippen LogP contribution in [0.25, 0.3) is 6.08 Å². The van der Waals surface area contributed by atoms with Crippen molar-refractivity contribution in [1.82, 2.24) is 0 Å². The Morgan fingerprint density at radius 1 is 1.17 bits per heavy atom. The molecular formula is C18H16N2O3. The first-order chi connectivity index (χ1) is 10.9. The minimum atomic E-state index is -0.482. The third kappa shape index (κ3) is 2.61. The summed E-state index contributed by atoms with van der Waals surface area (Å²) >= 11 is 0. The Kier molecular flexibility index (Phi) is 3.48. The molecule has 3 rings (SSSR count). The molecule has 2 aromatic rings. The SMILES string of the molecule is CC1(C)C(/C=C/c2cc([N+](=O)[O-])ccc2O)=Nc2ccccc21. The fraction of sp³-hybridized carbons (Fsp3) is 0.167. The summed E-state index contributed by atoms with van der Waals surface area (Å²) in [6, 6.07) is 11.9. The molecule has 5 heteroatoms. The number of allylic oxidation sites excluding steroid dienone is 1. The number of aliphatic imine (C=N–C) groups is 1. The zero-order valence-electron chi connectivity index (χ0n) is 12.9. The number of hydrogen-bond acceptors (Lipinski definition) is 4. The number of nitro benzene ring substituents is 1. The second kappa shape index (κ2) is 5.35. The molecule has 0 radical (unpaired) electrons. The molecule has 0 aliphatic carbocycles. The van der Waals surface area contributed by atoms with Gasteiger partial charge >= 0.3 is 0 Å². The highest BCUT2D eigenvalue weighted by molar-refractivity contribution is 6.10. The van der Waals surface area contributed by atoms with Gasteiger partial charge in [0.15, 0.2) is 0 Å². The van der Waals surface area contributed by atoms with Crippen molar-refractivity contribution in [2.24, 2.45) is 4.99 Å². The van der Waals surface area contributed by atoms with Gasteiger partial charge in [-0.25, -0.2) is 0 Å². The number of fused-ring (bicyclic) bond motifs is 1. The Bertz CT molecular complexity index is 851. The second-order valence-electron chi connectivity index (χ2n) is 5.97. The van der Waals surface area contributed by atoms with Crippen molar-refractivity contribution < 1.29 is 10.0 Å². The van der Waals surface area contributed by atoms with Crippen LogP contribution in [0, 0.1) is 10.1 Å². The molecule has 0 unspecified atom stereocenters. The molecule has 0 saturated carbocycles. The number of rotatable bonds is 3. The van der Waals surface area contributed by atoms with Crippen LogP contribution >= 0.6 is 0 Å². The van der Waals surface area contributed by atoms with Crippen LogP contribution in [0.2, 0.25) is 0 Å². The summed E-state index contributed by atoms with van der Waals surface area (Å²) in [4.78, 5) is 15.0. The average Bonchev–Trinajstić information content (AvgIpc) is 2.77. The minimum Gasteiger partial charge on any atom is -0.507 e. The number of benzene rings is 2. The van der Waals surface area contributed by atoms with Crippen molar-refractivity contribution in [3.05, 3.63) is 69.8 Å². The molecule has 0 spiro atoms. The van der Waals surface area contributed by atoms with E-state index in [1.165, 1.54) is 18.2 Å². The summed E-state index contributed by atoms with van der Waals surface area (Å²) in [7, 11) is 0. The van der Waals surface area contributed by atoms with E-state index in [9.17, 15) is 15.2 Å². The molecular weight excluding hydrogens is 292 g/mol. The molecule has 1 aliphatic rings. The lowest BCUT2D eigenvalue weighted by Gasteiger charge is -2.20. The summed E-state index contributed by atoms with van der Waals surface area (Å²) in [6.07, 6.45) is 3.47. The standard InChI is InChI=1S/C18H16N2O3/c1-18(2)14-5-3-4-6-15(14)19-17(18)10-7-12-11-13(20(22)23)8-9-16(12)21/h3-11,21H,1-2H3/b10-7+. The van der Waals surface area contributed by atoms with Crippen molar-refractivity contribution in [1.29, 1.82) is 0 Å². The number of nitro groups is 1. The lowest BCUT2D eigenvalue weighted by Crippen LogP contribution is -2.23. The predicted octanol–water partition coefficient (Wildman–Crippen LogP) is 4.38. The number of nitrogens with zero attached hydrogens (tertiary/aromatic N) is 2. The van der Waals surface area contributed by atoms with Gasteiger partial charge in [-0.05, 0) is 29.8 Å². The Hall–Kier alpha value is -2.95. The van der Waals surface area contributed by atoms with Crippen molar-refractivity contribution in [3.8, 4) is 5.75 Å². The summed E-state index contributed by atoms with van der Waals surface area (Å²) in [5, 5.41) is 20.7. The Labute approximate surface area is 133 Å². The van der Waals surface area contributed by atoms with Crippen molar-refractivity contribution in [2.75, 3.05) is 0 Å². The molecule has 2 aromatic carbocycles. The van der Waals surface area contributed by atoms with Gasteiger partial charge in [-0.15, -0.1) is 0 Å². The average molecular weight is 308 g/mol. The highest BCUT2D eigenvalue weighted by Gasteiger charge is 2.32. The van der Waals surface area contributed by atoms with E-state index in [-0.39, 0.29) is 16.9 Å². The molecule has 116 valence electrons. The van der Waals surface area contributed by atoms with Gasteiger partial charge in [-0.1, -0.05) is 32.0 Å². The maximum atomic E-state index is 10.9. The predicted molar refractivity (Wildman–Crippen MR) is 90.4 cm³/mol. The molecule has 23 heavy (non-hydrogen) atoms. The quantitative estimate of drug-likeness (QED) is 0.675. The first-order valence-electron chi connectivity index (χ1n) is 7.24. The van der Waals surface area contributed by atoms with Crippen LogP contribution in [0.1, 0.15) is 25.0 Å². The lowest BCUT2D eigenvalue weighted by atomic mass is 9.81. The molecule has 0 saturated heterocycles. The van der Waals surface area contributed by atoms with E-state index in [0.29, 0.717) is 5.56 Å². The molecule has 0 fully saturated rings. The molecule has 0 amide bonds. The molecule has 1 N–H and O–H groups in total. The van der Waals surface area contributed by atoms with Gasteiger partial charge in [-0.3, -0.25) is 15.1 Å². The van der Waals surface area contributed by atoms with Crippen molar-refractivity contribution in [3.63, 3.8) is 0 Å². The van der Waals surface area contributed by atoms with E-state index in [1.807, 2.05) is 24.3 Å². The summed E-state index contributed by atoms with van der Waals surface area (Å²) in [5.74, 6) is 0.000710. The first kappa shape index (κ1) is 15.0. The van der Waals surface area contributed by atoms with Crippen LogP contribution in [0.3, 0.4) is 0 Å². The number of phenolic OH excluding ortho intramolecular Hbond substituents is 1. The topological polar surface area (TPSA) is 75.7 Å². The normalized spacial score (nSPS) is 15.5. The Morgan fingerprint density at radius 2 is 1.91 bits per heavy atom. The lowest BCUT2D eigenvalue weighted by molar-refractivity contribution is -0.384.